The summed E-state index contributed by atoms with van der Waals surface area (Å²) in [5.74, 6) is -3.33. The molecule has 22 heavy (non-hydrogen) atoms. The Kier molecular flexibility index (Phi) is 5.86. The highest BCUT2D eigenvalue weighted by atomic mass is 19.4. The Bertz CT molecular complexity index is 561. The Morgan fingerprint density at radius 1 is 1.32 bits per heavy atom. The maximum Gasteiger partial charge on any atom is 0.416 e. The first kappa shape index (κ1) is 17.9. The Hall–Kier alpha value is -2.16. The fourth-order valence-corrected chi connectivity index (χ4v) is 1.48. The highest BCUT2D eigenvalue weighted by Crippen LogP contribution is 2.31. The van der Waals surface area contributed by atoms with Crippen LogP contribution in [0.5, 0.6) is 0 Å². The number of hydrogen-bond donors (Lipinski definition) is 1. The summed E-state index contributed by atoms with van der Waals surface area (Å²) < 4.78 is 55.8. The van der Waals surface area contributed by atoms with Gasteiger partial charge in [0.1, 0.15) is 5.82 Å². The zero-order chi connectivity index (χ0) is 16.9. The largest absolute Gasteiger partial charge is 0.416 e. The number of nitrogens with one attached hydrogen (secondary N) is 1. The number of likely N-dealkylation sites (N-methyl/N-ethyl adjacent to an activating group) is 1. The predicted octanol–water partition coefficient (Wildman–Crippen LogP) is 1.89. The summed E-state index contributed by atoms with van der Waals surface area (Å²) in [7, 11) is 2.71. The van der Waals surface area contributed by atoms with Crippen LogP contribution >= 0.6 is 0 Å². The van der Waals surface area contributed by atoms with Crippen LogP contribution in [0.3, 0.4) is 0 Å². The molecule has 2 amide bonds. The van der Waals surface area contributed by atoms with Gasteiger partial charge in [0, 0.05) is 20.7 Å². The van der Waals surface area contributed by atoms with Crippen LogP contribution in [0.2, 0.25) is 0 Å². The molecule has 0 fully saturated rings. The molecule has 0 saturated carbocycles. The molecular weight excluding hydrogens is 308 g/mol. The van der Waals surface area contributed by atoms with Crippen LogP contribution in [0.25, 0.3) is 0 Å². The molecule has 0 bridgehead atoms. The van der Waals surface area contributed by atoms with Crippen LogP contribution < -0.4 is 5.32 Å². The molecule has 0 unspecified atom stereocenters. The molecule has 1 N–H and O–H groups in total. The van der Waals surface area contributed by atoms with Gasteiger partial charge in [-0.2, -0.15) is 13.2 Å². The Morgan fingerprint density at radius 3 is 2.50 bits per heavy atom. The Balaban J connectivity index is 2.86. The van der Waals surface area contributed by atoms with E-state index in [-0.39, 0.29) is 13.2 Å². The SMILES string of the molecule is COCCN(C)C(=O)C(=O)Nc1cc(C(F)(F)F)ccc1F. The van der Waals surface area contributed by atoms with Gasteiger partial charge < -0.3 is 15.0 Å². The van der Waals surface area contributed by atoms with Crippen LogP contribution in [0, 0.1) is 5.82 Å². The lowest BCUT2D eigenvalue weighted by atomic mass is 10.2. The number of benzene rings is 1. The van der Waals surface area contributed by atoms with E-state index in [4.69, 9.17) is 4.74 Å². The van der Waals surface area contributed by atoms with Crippen LogP contribution in [-0.2, 0) is 20.5 Å². The highest BCUT2D eigenvalue weighted by molar-refractivity contribution is 6.39. The fraction of sp³-hybridized carbons (Fsp3) is 0.385. The van der Waals surface area contributed by atoms with Crippen LogP contribution in [0.15, 0.2) is 18.2 Å². The third kappa shape index (κ3) is 4.69. The molecule has 0 aliphatic rings. The quantitative estimate of drug-likeness (QED) is 0.680. The summed E-state index contributed by atoms with van der Waals surface area (Å²) in [5.41, 5.74) is -1.85. The molecule has 0 aromatic heterocycles. The number of rotatable bonds is 4. The molecule has 0 radical (unpaired) electrons. The molecule has 122 valence electrons. The molecule has 1 aromatic carbocycles. The number of methoxy groups -OCH3 is 1. The third-order valence-corrected chi connectivity index (χ3v) is 2.71. The molecule has 1 rings (SSSR count). The summed E-state index contributed by atoms with van der Waals surface area (Å²) in [5, 5.41) is 1.83. The van der Waals surface area contributed by atoms with Crippen molar-refractivity contribution < 1.29 is 31.9 Å². The van der Waals surface area contributed by atoms with Gasteiger partial charge >= 0.3 is 18.0 Å². The number of carbonyl (C=O) groups excluding carboxylic acids is 2. The van der Waals surface area contributed by atoms with E-state index in [2.05, 4.69) is 0 Å². The van der Waals surface area contributed by atoms with Crippen LogP contribution in [-0.4, -0.2) is 44.0 Å². The summed E-state index contributed by atoms with van der Waals surface area (Å²) in [6.07, 6.45) is -4.69. The number of carbonyl (C=O) groups is 2. The van der Waals surface area contributed by atoms with Crippen molar-refractivity contribution in [2.75, 3.05) is 32.6 Å². The van der Waals surface area contributed by atoms with E-state index < -0.39 is 35.1 Å². The highest BCUT2D eigenvalue weighted by Gasteiger charge is 2.31. The van der Waals surface area contributed by atoms with E-state index in [0.717, 1.165) is 4.90 Å². The van der Waals surface area contributed by atoms with Crippen LogP contribution in [0.4, 0.5) is 23.2 Å². The first-order valence-corrected chi connectivity index (χ1v) is 6.09. The topological polar surface area (TPSA) is 58.6 Å². The number of alkyl halides is 3. The number of amides is 2. The molecule has 0 saturated heterocycles. The maximum absolute atomic E-state index is 13.5. The van der Waals surface area contributed by atoms with E-state index in [0.29, 0.717) is 18.2 Å². The molecule has 0 aliphatic carbocycles. The molecule has 5 nitrogen and oxygen atoms in total. The van der Waals surface area contributed by atoms with Gasteiger partial charge in [0.25, 0.3) is 0 Å². The number of ether oxygens (including phenoxy) is 1. The Morgan fingerprint density at radius 2 is 1.95 bits per heavy atom. The number of hydrogen-bond acceptors (Lipinski definition) is 3. The van der Waals surface area contributed by atoms with E-state index in [9.17, 15) is 27.2 Å². The first-order valence-electron chi connectivity index (χ1n) is 6.09. The fourth-order valence-electron chi connectivity index (χ4n) is 1.48. The minimum Gasteiger partial charge on any atom is -0.383 e. The van der Waals surface area contributed by atoms with Gasteiger partial charge in [0.05, 0.1) is 17.9 Å². The first-order chi connectivity index (χ1) is 10.2. The second kappa shape index (κ2) is 7.21. The molecule has 0 aliphatic heterocycles. The Labute approximate surface area is 123 Å². The average Bonchev–Trinajstić information content (AvgIpc) is 2.44. The summed E-state index contributed by atoms with van der Waals surface area (Å²) in [4.78, 5) is 24.3. The lowest BCUT2D eigenvalue weighted by Gasteiger charge is -2.16. The van der Waals surface area contributed by atoms with Gasteiger partial charge in [0.2, 0.25) is 0 Å². The summed E-state index contributed by atoms with van der Waals surface area (Å²) in [6.45, 7) is 0.279. The van der Waals surface area contributed by atoms with E-state index in [1.54, 1.807) is 0 Å². The average molecular weight is 322 g/mol. The lowest BCUT2D eigenvalue weighted by Crippen LogP contribution is -2.38. The monoisotopic (exact) mass is 322 g/mol. The second-order valence-corrected chi connectivity index (χ2v) is 4.37. The van der Waals surface area contributed by atoms with E-state index >= 15 is 0 Å². The van der Waals surface area contributed by atoms with Gasteiger partial charge in [-0.05, 0) is 18.2 Å². The maximum atomic E-state index is 13.5. The van der Waals surface area contributed by atoms with Gasteiger partial charge in [-0.3, -0.25) is 9.59 Å². The van der Waals surface area contributed by atoms with Crippen molar-refractivity contribution >= 4 is 17.5 Å². The number of halogens is 4. The molecular formula is C13H14F4N2O3. The number of nitrogens with zero attached hydrogens (tertiary/aromatic N) is 1. The van der Waals surface area contributed by atoms with Crippen molar-refractivity contribution in [3.05, 3.63) is 29.6 Å². The second-order valence-electron chi connectivity index (χ2n) is 4.37. The van der Waals surface area contributed by atoms with Gasteiger partial charge in [-0.1, -0.05) is 0 Å². The van der Waals surface area contributed by atoms with Crippen molar-refractivity contribution in [1.29, 1.82) is 0 Å². The zero-order valence-corrected chi connectivity index (χ0v) is 11.8. The van der Waals surface area contributed by atoms with Crippen molar-refractivity contribution in [1.82, 2.24) is 4.90 Å². The van der Waals surface area contributed by atoms with Gasteiger partial charge in [0.15, 0.2) is 0 Å². The molecule has 9 heteroatoms. The molecule has 0 atom stereocenters. The molecule has 1 aromatic rings. The minimum absolute atomic E-state index is 0.105. The van der Waals surface area contributed by atoms with Crippen molar-refractivity contribution in [2.45, 2.75) is 6.18 Å². The number of anilines is 1. The van der Waals surface area contributed by atoms with Crippen LogP contribution in [0.1, 0.15) is 5.56 Å². The van der Waals surface area contributed by atoms with Crippen molar-refractivity contribution in [3.8, 4) is 0 Å². The standard InChI is InChI=1S/C13H14F4N2O3/c1-19(5-6-22-2)12(21)11(20)18-10-7-8(13(15,16)17)3-4-9(10)14/h3-4,7H,5-6H2,1-2H3,(H,18,20). The minimum atomic E-state index is -4.69. The summed E-state index contributed by atoms with van der Waals surface area (Å²) >= 11 is 0. The molecule has 0 spiro atoms. The third-order valence-electron chi connectivity index (χ3n) is 2.71. The van der Waals surface area contributed by atoms with Gasteiger partial charge in [-0.15, -0.1) is 0 Å². The normalized spacial score (nSPS) is 11.2. The van der Waals surface area contributed by atoms with Gasteiger partial charge in [-0.25, -0.2) is 4.39 Å². The smallest absolute Gasteiger partial charge is 0.383 e. The van der Waals surface area contributed by atoms with E-state index in [1.807, 2.05) is 5.32 Å². The van der Waals surface area contributed by atoms with E-state index in [1.165, 1.54) is 14.2 Å². The van der Waals surface area contributed by atoms with Crippen molar-refractivity contribution in [2.24, 2.45) is 0 Å². The lowest BCUT2D eigenvalue weighted by molar-refractivity contribution is -0.142. The predicted molar refractivity (Wildman–Crippen MR) is 69.5 cm³/mol. The molecule has 0 heterocycles. The van der Waals surface area contributed by atoms with Crippen molar-refractivity contribution in [3.63, 3.8) is 0 Å². The zero-order valence-electron chi connectivity index (χ0n) is 11.8. The summed E-state index contributed by atoms with van der Waals surface area (Å²) in [6, 6.07) is 1.53.